The van der Waals surface area contributed by atoms with E-state index in [2.05, 4.69) is 22.9 Å². The van der Waals surface area contributed by atoms with E-state index in [4.69, 9.17) is 5.11 Å². The molecule has 2 atom stereocenters. The number of thiol groups is 1. The van der Waals surface area contributed by atoms with Crippen molar-refractivity contribution < 1.29 is 19.1 Å². The number of hydrogen-bond acceptors (Lipinski definition) is 6. The molecule has 1 saturated heterocycles. The van der Waals surface area contributed by atoms with Gasteiger partial charge in [-0.25, -0.2) is 9.07 Å². The molecule has 30 heavy (non-hydrogen) atoms. The van der Waals surface area contributed by atoms with Crippen LogP contribution >= 0.6 is 12.6 Å². The smallest absolute Gasteiger partial charge is 0.325 e. The Morgan fingerprint density at radius 3 is 2.77 bits per heavy atom. The van der Waals surface area contributed by atoms with E-state index in [1.807, 2.05) is 11.0 Å². The molecular weight excluding hydrogens is 407 g/mol. The standard InChI is InChI=1S/C21H23FN4O3S/c22-17-4-2-1-3-16(17)20(21(29)13-5-6-13)25-8-7-18(30)14(11-25)9-15-10-23-24-26(15)12-19(27)28/h1-4,9-10,13,18,20,30H,5-8,11-12H2,(H,27,28)/b14-9-. The lowest BCUT2D eigenvalue weighted by Crippen LogP contribution is -2.42. The van der Waals surface area contributed by atoms with Crippen LogP contribution in [0.1, 0.15) is 36.6 Å². The fourth-order valence-corrected chi connectivity index (χ4v) is 4.16. The number of aliphatic carboxylic acids is 1. The first kappa shape index (κ1) is 20.7. The molecule has 0 radical (unpaired) electrons. The van der Waals surface area contributed by atoms with E-state index in [-0.39, 0.29) is 29.3 Å². The van der Waals surface area contributed by atoms with E-state index in [9.17, 15) is 14.0 Å². The third kappa shape index (κ3) is 4.46. The maximum Gasteiger partial charge on any atom is 0.325 e. The van der Waals surface area contributed by atoms with Crippen molar-refractivity contribution in [3.05, 3.63) is 53.1 Å². The largest absolute Gasteiger partial charge is 0.480 e. The van der Waals surface area contributed by atoms with Gasteiger partial charge in [0, 0.05) is 29.8 Å². The predicted octanol–water partition coefficient (Wildman–Crippen LogP) is 2.61. The number of ketones is 1. The van der Waals surface area contributed by atoms with Crippen molar-refractivity contribution in [1.82, 2.24) is 19.9 Å². The quantitative estimate of drug-likeness (QED) is 0.657. The van der Waals surface area contributed by atoms with Crippen molar-refractivity contribution in [1.29, 1.82) is 0 Å². The fraction of sp³-hybridized carbons (Fsp3) is 0.429. The van der Waals surface area contributed by atoms with Gasteiger partial charge in [0.05, 0.1) is 17.9 Å². The van der Waals surface area contributed by atoms with Gasteiger partial charge >= 0.3 is 5.97 Å². The maximum absolute atomic E-state index is 14.6. The summed E-state index contributed by atoms with van der Waals surface area (Å²) in [6.45, 7) is 0.761. The number of carboxylic acid groups (broad SMARTS) is 1. The van der Waals surface area contributed by atoms with E-state index in [0.29, 0.717) is 30.8 Å². The minimum Gasteiger partial charge on any atom is -0.480 e. The van der Waals surface area contributed by atoms with Crippen LogP contribution in [0.5, 0.6) is 0 Å². The number of carbonyl (C=O) groups excluding carboxylic acids is 1. The second kappa shape index (κ2) is 8.69. The number of benzene rings is 1. The minimum absolute atomic E-state index is 0.00282. The van der Waals surface area contributed by atoms with Gasteiger partial charge in [-0.05, 0) is 37.0 Å². The molecule has 1 aliphatic carbocycles. The lowest BCUT2D eigenvalue weighted by atomic mass is 9.93. The molecule has 1 N–H and O–H groups in total. The summed E-state index contributed by atoms with van der Waals surface area (Å²) in [7, 11) is 0. The summed E-state index contributed by atoms with van der Waals surface area (Å²) < 4.78 is 15.9. The van der Waals surface area contributed by atoms with E-state index in [0.717, 1.165) is 18.4 Å². The number of rotatable bonds is 7. The summed E-state index contributed by atoms with van der Waals surface area (Å²) in [4.78, 5) is 26.1. The van der Waals surface area contributed by atoms with Crippen LogP contribution < -0.4 is 0 Å². The number of aromatic nitrogens is 3. The molecule has 2 aromatic rings. The zero-order valence-electron chi connectivity index (χ0n) is 16.3. The van der Waals surface area contributed by atoms with Crippen LogP contribution in [0.15, 0.2) is 36.0 Å². The zero-order valence-corrected chi connectivity index (χ0v) is 17.2. The Kier molecular flexibility index (Phi) is 6.01. The number of hydrogen-bond donors (Lipinski definition) is 2. The molecule has 9 heteroatoms. The molecule has 7 nitrogen and oxygen atoms in total. The zero-order chi connectivity index (χ0) is 21.3. The maximum atomic E-state index is 14.6. The van der Waals surface area contributed by atoms with Crippen molar-refractivity contribution in [2.45, 2.75) is 37.1 Å². The molecule has 158 valence electrons. The Balaban J connectivity index is 1.64. The molecule has 2 aliphatic rings. The van der Waals surface area contributed by atoms with Crippen LogP contribution in [0.25, 0.3) is 6.08 Å². The molecule has 2 unspecified atom stereocenters. The van der Waals surface area contributed by atoms with Crippen molar-refractivity contribution in [3.63, 3.8) is 0 Å². The van der Waals surface area contributed by atoms with Crippen molar-refractivity contribution >= 4 is 30.5 Å². The molecular formula is C21H23FN4O3S. The van der Waals surface area contributed by atoms with E-state index < -0.39 is 12.0 Å². The highest BCUT2D eigenvalue weighted by Crippen LogP contribution is 2.39. The first-order valence-electron chi connectivity index (χ1n) is 9.95. The molecule has 0 spiro atoms. The summed E-state index contributed by atoms with van der Waals surface area (Å²) in [5.74, 6) is -1.33. The number of carboxylic acids is 1. The van der Waals surface area contributed by atoms with E-state index in [1.165, 1.54) is 16.9 Å². The monoisotopic (exact) mass is 430 g/mol. The van der Waals surface area contributed by atoms with Gasteiger partial charge in [0.15, 0.2) is 5.78 Å². The SMILES string of the molecule is O=C(O)Cn1nncc1/C=C1/CN(C(C(=O)C2CC2)c2ccccc2F)CCC1S. The van der Waals surface area contributed by atoms with Crippen LogP contribution in [-0.4, -0.2) is 55.1 Å². The molecule has 0 bridgehead atoms. The minimum atomic E-state index is -1.01. The summed E-state index contributed by atoms with van der Waals surface area (Å²) in [5.41, 5.74) is 1.89. The van der Waals surface area contributed by atoms with Gasteiger partial charge in [0.1, 0.15) is 12.4 Å². The Morgan fingerprint density at radius 2 is 2.07 bits per heavy atom. The molecule has 1 saturated carbocycles. The summed E-state index contributed by atoms with van der Waals surface area (Å²) in [6, 6.07) is 5.82. The summed E-state index contributed by atoms with van der Waals surface area (Å²) >= 11 is 4.67. The first-order chi connectivity index (χ1) is 14.4. The van der Waals surface area contributed by atoms with E-state index in [1.54, 1.807) is 18.2 Å². The number of carbonyl (C=O) groups is 2. The number of halogens is 1. The van der Waals surface area contributed by atoms with Gasteiger partial charge in [0.2, 0.25) is 0 Å². The van der Waals surface area contributed by atoms with E-state index >= 15 is 0 Å². The highest BCUT2D eigenvalue weighted by molar-refractivity contribution is 7.81. The highest BCUT2D eigenvalue weighted by Gasteiger charge is 2.40. The van der Waals surface area contributed by atoms with Crippen LogP contribution in [0.2, 0.25) is 0 Å². The molecule has 1 aliphatic heterocycles. The molecule has 2 heterocycles. The van der Waals surface area contributed by atoms with Crippen molar-refractivity contribution in [3.8, 4) is 0 Å². The molecule has 4 rings (SSSR count). The second-order valence-electron chi connectivity index (χ2n) is 7.81. The average Bonchev–Trinajstić information content (AvgIpc) is 3.48. The average molecular weight is 431 g/mol. The number of likely N-dealkylation sites (tertiary alicyclic amines) is 1. The summed E-state index contributed by atoms with van der Waals surface area (Å²) in [5, 5.41) is 16.6. The van der Waals surface area contributed by atoms with Crippen LogP contribution in [-0.2, 0) is 16.1 Å². The van der Waals surface area contributed by atoms with Crippen LogP contribution in [0.3, 0.4) is 0 Å². The number of nitrogens with zero attached hydrogens (tertiary/aromatic N) is 4. The third-order valence-electron chi connectivity index (χ3n) is 5.58. The summed E-state index contributed by atoms with van der Waals surface area (Å²) in [6.07, 6.45) is 5.73. The predicted molar refractivity (Wildman–Crippen MR) is 111 cm³/mol. The molecule has 0 amide bonds. The Morgan fingerprint density at radius 1 is 1.30 bits per heavy atom. The molecule has 1 aromatic heterocycles. The topological polar surface area (TPSA) is 88.3 Å². The first-order valence-corrected chi connectivity index (χ1v) is 10.5. The molecule has 1 aromatic carbocycles. The number of piperidine rings is 1. The van der Waals surface area contributed by atoms with Crippen molar-refractivity contribution in [2.75, 3.05) is 13.1 Å². The molecule has 2 fully saturated rings. The van der Waals surface area contributed by atoms with Gasteiger partial charge in [-0.15, -0.1) is 5.10 Å². The van der Waals surface area contributed by atoms with Crippen molar-refractivity contribution in [2.24, 2.45) is 5.92 Å². The highest BCUT2D eigenvalue weighted by atomic mass is 32.1. The third-order valence-corrected chi connectivity index (χ3v) is 6.17. The Hall–Kier alpha value is -2.52. The lowest BCUT2D eigenvalue weighted by Gasteiger charge is -2.37. The number of Topliss-reactive ketones (excluding diaryl/α,β-unsaturated/α-hetero) is 1. The van der Waals surface area contributed by atoms with Gasteiger partial charge in [0.25, 0.3) is 0 Å². The van der Waals surface area contributed by atoms with Crippen LogP contribution in [0, 0.1) is 11.7 Å². The van der Waals surface area contributed by atoms with Gasteiger partial charge < -0.3 is 5.11 Å². The van der Waals surface area contributed by atoms with Crippen LogP contribution in [0.4, 0.5) is 4.39 Å². The Labute approximate surface area is 179 Å². The second-order valence-corrected chi connectivity index (χ2v) is 8.43. The normalized spacial score (nSPS) is 22.2. The lowest BCUT2D eigenvalue weighted by molar-refractivity contribution is -0.138. The van der Waals surface area contributed by atoms with Gasteiger partial charge in [-0.1, -0.05) is 23.4 Å². The van der Waals surface area contributed by atoms with Gasteiger partial charge in [-0.3, -0.25) is 14.5 Å². The van der Waals surface area contributed by atoms with Gasteiger partial charge in [-0.2, -0.15) is 12.6 Å². The fourth-order valence-electron chi connectivity index (χ4n) is 3.89. The Bertz CT molecular complexity index is 988.